The molecule has 21 heavy (non-hydrogen) atoms. The van der Waals surface area contributed by atoms with Crippen LogP contribution in [0.25, 0.3) is 0 Å². The molecule has 2 heterocycles. The van der Waals surface area contributed by atoms with Crippen molar-refractivity contribution in [2.24, 2.45) is 16.3 Å². The number of hydrogen-bond donors (Lipinski definition) is 1. The summed E-state index contributed by atoms with van der Waals surface area (Å²) < 4.78 is 0. The fourth-order valence-corrected chi connectivity index (χ4v) is 3.57. The fraction of sp³-hybridized carbons (Fsp3) is 0.941. The molecule has 2 saturated heterocycles. The van der Waals surface area contributed by atoms with Crippen molar-refractivity contribution in [2.75, 3.05) is 45.8 Å². The van der Waals surface area contributed by atoms with E-state index in [0.29, 0.717) is 5.41 Å². The van der Waals surface area contributed by atoms with Crippen LogP contribution >= 0.6 is 0 Å². The Balaban J connectivity index is 1.51. The van der Waals surface area contributed by atoms with Crippen molar-refractivity contribution >= 4 is 5.96 Å². The van der Waals surface area contributed by atoms with Gasteiger partial charge in [-0.25, -0.2) is 0 Å². The minimum absolute atomic E-state index is 0.509. The van der Waals surface area contributed by atoms with Crippen molar-refractivity contribution in [1.29, 1.82) is 0 Å². The van der Waals surface area contributed by atoms with Crippen LogP contribution in [0.1, 0.15) is 46.0 Å². The molecule has 3 rings (SSSR count). The Morgan fingerprint density at radius 1 is 1.24 bits per heavy atom. The molecule has 0 aromatic heterocycles. The summed E-state index contributed by atoms with van der Waals surface area (Å²) in [6.45, 7) is 12.8. The molecule has 0 aromatic rings. The summed E-state index contributed by atoms with van der Waals surface area (Å²) >= 11 is 0. The number of nitrogens with one attached hydrogen (secondary N) is 1. The maximum atomic E-state index is 4.91. The third kappa shape index (κ3) is 4.12. The molecule has 3 aliphatic rings. The second-order valence-corrected chi connectivity index (χ2v) is 7.59. The standard InChI is InChI=1S/C17H32N4/c1-3-18-16(19-14-17(2)7-8-17)21-11-6-15(13-21)12-20-9-4-5-10-20/h15H,3-14H2,1-2H3,(H,18,19). The Kier molecular flexibility index (Phi) is 4.72. The number of nitrogens with zero attached hydrogens (tertiary/aromatic N) is 3. The van der Waals surface area contributed by atoms with Gasteiger partial charge in [-0.3, -0.25) is 4.99 Å². The Morgan fingerprint density at radius 3 is 2.67 bits per heavy atom. The van der Waals surface area contributed by atoms with Gasteiger partial charge < -0.3 is 15.1 Å². The molecular weight excluding hydrogens is 260 g/mol. The van der Waals surface area contributed by atoms with E-state index in [1.54, 1.807) is 0 Å². The highest BCUT2D eigenvalue weighted by Crippen LogP contribution is 2.45. The van der Waals surface area contributed by atoms with E-state index in [1.807, 2.05) is 0 Å². The Morgan fingerprint density at radius 2 is 2.00 bits per heavy atom. The normalized spacial score (nSPS) is 29.1. The van der Waals surface area contributed by atoms with E-state index >= 15 is 0 Å². The average Bonchev–Trinajstić information content (AvgIpc) is 2.90. The van der Waals surface area contributed by atoms with Crippen LogP contribution in [-0.2, 0) is 0 Å². The van der Waals surface area contributed by atoms with E-state index in [9.17, 15) is 0 Å². The van der Waals surface area contributed by atoms with Crippen LogP contribution < -0.4 is 5.32 Å². The molecular formula is C17H32N4. The van der Waals surface area contributed by atoms with Gasteiger partial charge in [0.15, 0.2) is 5.96 Å². The smallest absolute Gasteiger partial charge is 0.193 e. The zero-order chi connectivity index (χ0) is 14.7. The van der Waals surface area contributed by atoms with Crippen LogP contribution in [0, 0.1) is 11.3 Å². The summed E-state index contributed by atoms with van der Waals surface area (Å²) in [6, 6.07) is 0. The lowest BCUT2D eigenvalue weighted by atomic mass is 10.1. The topological polar surface area (TPSA) is 30.9 Å². The largest absolute Gasteiger partial charge is 0.357 e. The number of hydrogen-bond acceptors (Lipinski definition) is 2. The molecule has 0 amide bonds. The Labute approximate surface area is 130 Å². The van der Waals surface area contributed by atoms with E-state index in [4.69, 9.17) is 4.99 Å². The summed E-state index contributed by atoms with van der Waals surface area (Å²) in [5.41, 5.74) is 0.509. The summed E-state index contributed by atoms with van der Waals surface area (Å²) in [4.78, 5) is 10.1. The highest BCUT2D eigenvalue weighted by atomic mass is 15.3. The molecule has 1 saturated carbocycles. The quantitative estimate of drug-likeness (QED) is 0.622. The third-order valence-corrected chi connectivity index (χ3v) is 5.35. The van der Waals surface area contributed by atoms with Crippen LogP contribution in [0.3, 0.4) is 0 Å². The van der Waals surface area contributed by atoms with E-state index in [-0.39, 0.29) is 0 Å². The zero-order valence-electron chi connectivity index (χ0n) is 13.9. The molecule has 3 fully saturated rings. The first-order valence-corrected chi connectivity index (χ1v) is 8.94. The average molecular weight is 292 g/mol. The van der Waals surface area contributed by atoms with Gasteiger partial charge in [-0.05, 0) is 63.5 Å². The molecule has 1 atom stereocenters. The number of rotatable bonds is 5. The third-order valence-electron chi connectivity index (χ3n) is 5.35. The van der Waals surface area contributed by atoms with Crippen LogP contribution in [0.4, 0.5) is 0 Å². The highest BCUT2D eigenvalue weighted by Gasteiger charge is 2.37. The van der Waals surface area contributed by atoms with Gasteiger partial charge in [-0.1, -0.05) is 6.92 Å². The maximum Gasteiger partial charge on any atom is 0.193 e. The molecule has 1 aliphatic carbocycles. The predicted molar refractivity (Wildman–Crippen MR) is 88.7 cm³/mol. The van der Waals surface area contributed by atoms with Gasteiger partial charge in [0.1, 0.15) is 0 Å². The van der Waals surface area contributed by atoms with E-state index in [0.717, 1.165) is 25.0 Å². The van der Waals surface area contributed by atoms with Crippen LogP contribution in [0.15, 0.2) is 4.99 Å². The Hall–Kier alpha value is -0.770. The highest BCUT2D eigenvalue weighted by molar-refractivity contribution is 5.80. The van der Waals surface area contributed by atoms with Crippen molar-refractivity contribution in [3.05, 3.63) is 0 Å². The van der Waals surface area contributed by atoms with Gasteiger partial charge in [0.25, 0.3) is 0 Å². The van der Waals surface area contributed by atoms with Gasteiger partial charge in [0.05, 0.1) is 0 Å². The maximum absolute atomic E-state index is 4.91. The molecule has 0 radical (unpaired) electrons. The summed E-state index contributed by atoms with van der Waals surface area (Å²) in [5.74, 6) is 2.00. The second-order valence-electron chi connectivity index (χ2n) is 7.59. The molecule has 2 aliphatic heterocycles. The van der Waals surface area contributed by atoms with Crippen LogP contribution in [0.5, 0.6) is 0 Å². The fourth-order valence-electron chi connectivity index (χ4n) is 3.57. The molecule has 120 valence electrons. The van der Waals surface area contributed by atoms with Crippen molar-refractivity contribution in [3.8, 4) is 0 Å². The molecule has 1 N–H and O–H groups in total. The number of likely N-dealkylation sites (tertiary alicyclic amines) is 2. The molecule has 1 unspecified atom stereocenters. The first kappa shape index (κ1) is 15.1. The van der Waals surface area contributed by atoms with E-state index < -0.39 is 0 Å². The minimum Gasteiger partial charge on any atom is -0.357 e. The molecule has 0 spiro atoms. The molecule has 4 nitrogen and oxygen atoms in total. The summed E-state index contributed by atoms with van der Waals surface area (Å²) in [6.07, 6.45) is 6.84. The lowest BCUT2D eigenvalue weighted by Crippen LogP contribution is -2.41. The van der Waals surface area contributed by atoms with E-state index in [1.165, 1.54) is 64.8 Å². The van der Waals surface area contributed by atoms with Crippen molar-refractivity contribution in [1.82, 2.24) is 15.1 Å². The van der Waals surface area contributed by atoms with Crippen molar-refractivity contribution in [3.63, 3.8) is 0 Å². The Bertz CT molecular complexity index is 369. The van der Waals surface area contributed by atoms with E-state index in [2.05, 4.69) is 29.0 Å². The number of guanidine groups is 1. The SMILES string of the molecule is CCNC(=NCC1(C)CC1)N1CCC(CN2CCCC2)C1. The van der Waals surface area contributed by atoms with Gasteiger partial charge >= 0.3 is 0 Å². The first-order valence-electron chi connectivity index (χ1n) is 8.94. The summed E-state index contributed by atoms with van der Waals surface area (Å²) in [7, 11) is 0. The van der Waals surface area contributed by atoms with Crippen LogP contribution in [-0.4, -0.2) is 61.6 Å². The minimum atomic E-state index is 0.509. The van der Waals surface area contributed by atoms with Gasteiger partial charge in [-0.15, -0.1) is 0 Å². The molecule has 4 heteroatoms. The first-order chi connectivity index (χ1) is 10.2. The van der Waals surface area contributed by atoms with Crippen molar-refractivity contribution in [2.45, 2.75) is 46.0 Å². The predicted octanol–water partition coefficient (Wildman–Crippen LogP) is 2.17. The second kappa shape index (κ2) is 6.55. The van der Waals surface area contributed by atoms with Gasteiger partial charge in [0.2, 0.25) is 0 Å². The summed E-state index contributed by atoms with van der Waals surface area (Å²) in [5, 5.41) is 3.50. The van der Waals surface area contributed by atoms with Gasteiger partial charge in [0, 0.05) is 32.7 Å². The van der Waals surface area contributed by atoms with Gasteiger partial charge in [-0.2, -0.15) is 0 Å². The zero-order valence-corrected chi connectivity index (χ0v) is 13.9. The van der Waals surface area contributed by atoms with Crippen molar-refractivity contribution < 1.29 is 0 Å². The van der Waals surface area contributed by atoms with Crippen LogP contribution in [0.2, 0.25) is 0 Å². The molecule has 0 bridgehead atoms. The lowest BCUT2D eigenvalue weighted by molar-refractivity contribution is 0.281. The lowest BCUT2D eigenvalue weighted by Gasteiger charge is -2.23. The molecule has 0 aromatic carbocycles. The monoisotopic (exact) mass is 292 g/mol. The number of aliphatic imine (C=N–C) groups is 1.